The number of nitrogens with one attached hydrogen (secondary N) is 1. The van der Waals surface area contributed by atoms with Gasteiger partial charge in [-0.3, -0.25) is 0 Å². The summed E-state index contributed by atoms with van der Waals surface area (Å²) in [6.45, 7) is 5.00. The van der Waals surface area contributed by atoms with Gasteiger partial charge in [0.25, 0.3) is 0 Å². The first-order valence-corrected chi connectivity index (χ1v) is 7.42. The normalized spacial score (nSPS) is 10.6. The second kappa shape index (κ2) is 6.43. The Morgan fingerprint density at radius 1 is 0.955 bits per heavy atom. The first-order valence-electron chi connectivity index (χ1n) is 7.42. The number of nitrogens with zero attached hydrogens (tertiary/aromatic N) is 2. The van der Waals surface area contributed by atoms with Crippen LogP contribution in [0.3, 0.4) is 0 Å². The minimum atomic E-state index is 0.572. The van der Waals surface area contributed by atoms with Gasteiger partial charge in [-0.15, -0.1) is 10.2 Å². The van der Waals surface area contributed by atoms with Crippen LogP contribution in [0, 0.1) is 13.8 Å². The maximum atomic E-state index is 5.70. The third-order valence-corrected chi connectivity index (χ3v) is 3.75. The lowest BCUT2D eigenvalue weighted by Crippen LogP contribution is -2.06. The molecule has 22 heavy (non-hydrogen) atoms. The molecule has 0 bridgehead atoms. The van der Waals surface area contributed by atoms with E-state index >= 15 is 0 Å². The Kier molecular flexibility index (Phi) is 4.19. The van der Waals surface area contributed by atoms with Crippen molar-refractivity contribution in [1.29, 1.82) is 0 Å². The van der Waals surface area contributed by atoms with Gasteiger partial charge in [0.15, 0.2) is 0 Å². The molecule has 0 amide bonds. The van der Waals surface area contributed by atoms with Gasteiger partial charge in [-0.05, 0) is 43.2 Å². The Hall–Kier alpha value is -2.62. The van der Waals surface area contributed by atoms with Gasteiger partial charge in [0.2, 0.25) is 11.8 Å². The highest BCUT2D eigenvalue weighted by atomic mass is 16.4. The van der Waals surface area contributed by atoms with E-state index in [1.807, 2.05) is 30.3 Å². The molecule has 0 radical (unpaired) electrons. The van der Waals surface area contributed by atoms with Crippen LogP contribution in [-0.2, 0) is 6.42 Å². The average molecular weight is 293 g/mol. The lowest BCUT2D eigenvalue weighted by Gasteiger charge is -2.10. The van der Waals surface area contributed by atoms with Crippen LogP contribution in [0.4, 0.5) is 5.69 Å². The maximum absolute atomic E-state index is 5.70. The van der Waals surface area contributed by atoms with Gasteiger partial charge in [-0.2, -0.15) is 0 Å². The van der Waals surface area contributed by atoms with Crippen LogP contribution < -0.4 is 5.32 Å². The number of hydrogen-bond donors (Lipinski definition) is 1. The summed E-state index contributed by atoms with van der Waals surface area (Å²) in [6, 6.07) is 16.1. The molecule has 1 heterocycles. The van der Waals surface area contributed by atoms with Crippen molar-refractivity contribution in [3.63, 3.8) is 0 Å². The molecule has 0 fully saturated rings. The molecule has 0 atom stereocenters. The van der Waals surface area contributed by atoms with Crippen molar-refractivity contribution in [2.75, 3.05) is 11.9 Å². The van der Waals surface area contributed by atoms with E-state index < -0.39 is 0 Å². The van der Waals surface area contributed by atoms with E-state index in [1.165, 1.54) is 11.1 Å². The van der Waals surface area contributed by atoms with Crippen LogP contribution in [0.5, 0.6) is 0 Å². The minimum absolute atomic E-state index is 0.572. The fourth-order valence-electron chi connectivity index (χ4n) is 2.30. The monoisotopic (exact) mass is 293 g/mol. The van der Waals surface area contributed by atoms with Crippen LogP contribution in [0.15, 0.2) is 52.9 Å². The zero-order chi connectivity index (χ0) is 15.4. The van der Waals surface area contributed by atoms with E-state index in [4.69, 9.17) is 4.42 Å². The van der Waals surface area contributed by atoms with E-state index in [2.05, 4.69) is 47.6 Å². The molecule has 0 saturated heterocycles. The van der Waals surface area contributed by atoms with Crippen molar-refractivity contribution < 1.29 is 4.42 Å². The molecule has 112 valence electrons. The molecule has 3 aromatic rings. The standard InChI is InChI=1S/C18H19N3O/c1-13-7-6-10-16(14(13)2)19-12-11-17-20-21-18(22-17)15-8-4-3-5-9-15/h3-10,19H,11-12H2,1-2H3. The molecule has 0 spiro atoms. The smallest absolute Gasteiger partial charge is 0.247 e. The topological polar surface area (TPSA) is 51.0 Å². The molecule has 4 heteroatoms. The number of aromatic nitrogens is 2. The summed E-state index contributed by atoms with van der Waals surface area (Å²) in [5, 5.41) is 11.6. The third-order valence-electron chi connectivity index (χ3n) is 3.75. The lowest BCUT2D eigenvalue weighted by atomic mass is 10.1. The highest BCUT2D eigenvalue weighted by molar-refractivity contribution is 5.54. The molecular formula is C18H19N3O. The molecule has 3 rings (SSSR count). The van der Waals surface area contributed by atoms with E-state index in [0.29, 0.717) is 18.2 Å². The largest absolute Gasteiger partial charge is 0.421 e. The average Bonchev–Trinajstić information content (AvgIpc) is 3.01. The zero-order valence-electron chi connectivity index (χ0n) is 12.8. The summed E-state index contributed by atoms with van der Waals surface area (Å²) in [5.41, 5.74) is 4.67. The fourth-order valence-corrected chi connectivity index (χ4v) is 2.30. The van der Waals surface area contributed by atoms with Gasteiger partial charge < -0.3 is 9.73 Å². The second-order valence-electron chi connectivity index (χ2n) is 5.29. The van der Waals surface area contributed by atoms with Crippen molar-refractivity contribution in [3.05, 3.63) is 65.5 Å². The summed E-state index contributed by atoms with van der Waals surface area (Å²) >= 11 is 0. The number of rotatable bonds is 5. The first kappa shape index (κ1) is 14.3. The SMILES string of the molecule is Cc1cccc(NCCc2nnc(-c3ccccc3)o2)c1C. The van der Waals surface area contributed by atoms with Gasteiger partial charge in [0.05, 0.1) is 0 Å². The molecule has 1 aromatic heterocycles. The molecular weight excluding hydrogens is 274 g/mol. The highest BCUT2D eigenvalue weighted by Gasteiger charge is 2.08. The molecule has 1 N–H and O–H groups in total. The van der Waals surface area contributed by atoms with Gasteiger partial charge >= 0.3 is 0 Å². The van der Waals surface area contributed by atoms with Crippen LogP contribution in [0.1, 0.15) is 17.0 Å². The molecule has 2 aromatic carbocycles. The van der Waals surface area contributed by atoms with Crippen molar-refractivity contribution in [1.82, 2.24) is 10.2 Å². The number of benzene rings is 2. The van der Waals surface area contributed by atoms with Crippen molar-refractivity contribution >= 4 is 5.69 Å². The zero-order valence-corrected chi connectivity index (χ0v) is 12.8. The van der Waals surface area contributed by atoms with Crippen molar-refractivity contribution in [2.24, 2.45) is 0 Å². The van der Waals surface area contributed by atoms with Crippen LogP contribution in [-0.4, -0.2) is 16.7 Å². The summed E-state index contributed by atoms with van der Waals surface area (Å²) < 4.78 is 5.70. The van der Waals surface area contributed by atoms with E-state index in [-0.39, 0.29) is 0 Å². The Labute approximate surface area is 130 Å². The number of hydrogen-bond acceptors (Lipinski definition) is 4. The van der Waals surface area contributed by atoms with Gasteiger partial charge in [-0.25, -0.2) is 0 Å². The van der Waals surface area contributed by atoms with Gasteiger partial charge in [0.1, 0.15) is 0 Å². The Balaban J connectivity index is 1.61. The van der Waals surface area contributed by atoms with Gasteiger partial charge in [0, 0.05) is 24.2 Å². The van der Waals surface area contributed by atoms with Crippen LogP contribution >= 0.6 is 0 Å². The third kappa shape index (κ3) is 3.17. The summed E-state index contributed by atoms with van der Waals surface area (Å²) in [7, 11) is 0. The molecule has 0 aliphatic rings. The van der Waals surface area contributed by atoms with E-state index in [0.717, 1.165) is 17.8 Å². The molecule has 0 aliphatic carbocycles. The van der Waals surface area contributed by atoms with Crippen LogP contribution in [0.25, 0.3) is 11.5 Å². The number of anilines is 1. The lowest BCUT2D eigenvalue weighted by molar-refractivity contribution is 0.509. The fraction of sp³-hybridized carbons (Fsp3) is 0.222. The van der Waals surface area contributed by atoms with E-state index in [1.54, 1.807) is 0 Å². The van der Waals surface area contributed by atoms with Crippen molar-refractivity contribution in [3.8, 4) is 11.5 Å². The Morgan fingerprint density at radius 3 is 2.59 bits per heavy atom. The number of aryl methyl sites for hydroxylation is 1. The Morgan fingerprint density at radius 2 is 1.77 bits per heavy atom. The first-order chi connectivity index (χ1) is 10.7. The highest BCUT2D eigenvalue weighted by Crippen LogP contribution is 2.19. The second-order valence-corrected chi connectivity index (χ2v) is 5.29. The van der Waals surface area contributed by atoms with Gasteiger partial charge in [-0.1, -0.05) is 30.3 Å². The summed E-state index contributed by atoms with van der Waals surface area (Å²) in [5.74, 6) is 1.22. The maximum Gasteiger partial charge on any atom is 0.247 e. The summed E-state index contributed by atoms with van der Waals surface area (Å²) in [6.07, 6.45) is 0.702. The van der Waals surface area contributed by atoms with Crippen molar-refractivity contribution in [2.45, 2.75) is 20.3 Å². The van der Waals surface area contributed by atoms with E-state index in [9.17, 15) is 0 Å². The predicted octanol–water partition coefficient (Wildman–Crippen LogP) is 4.01. The molecule has 0 saturated carbocycles. The minimum Gasteiger partial charge on any atom is -0.421 e. The predicted molar refractivity (Wildman–Crippen MR) is 87.8 cm³/mol. The molecule has 0 unspecified atom stereocenters. The quantitative estimate of drug-likeness (QED) is 0.772. The Bertz CT molecular complexity index is 750. The summed E-state index contributed by atoms with van der Waals surface area (Å²) in [4.78, 5) is 0. The molecule has 4 nitrogen and oxygen atoms in total. The van der Waals surface area contributed by atoms with Crippen LogP contribution in [0.2, 0.25) is 0 Å². The molecule has 0 aliphatic heterocycles.